The highest BCUT2D eigenvalue weighted by Crippen LogP contribution is 2.46. The van der Waals surface area contributed by atoms with E-state index in [4.69, 9.17) is 0 Å². The second-order valence-corrected chi connectivity index (χ2v) is 10.1. The largest absolute Gasteiger partial charge is 0.769 e. The second kappa shape index (κ2) is 8.96. The van der Waals surface area contributed by atoms with Gasteiger partial charge in [0, 0.05) is 45.3 Å². The normalized spacial score (nSPS) is 23.7. The lowest BCUT2D eigenvalue weighted by molar-refractivity contribution is -0.135. The van der Waals surface area contributed by atoms with Crippen LogP contribution in [0.5, 0.6) is 0 Å². The van der Waals surface area contributed by atoms with Gasteiger partial charge in [0.1, 0.15) is 0 Å². The van der Waals surface area contributed by atoms with E-state index in [2.05, 4.69) is 27.4 Å². The van der Waals surface area contributed by atoms with Crippen molar-refractivity contribution in [2.24, 2.45) is 0 Å². The number of carbonyl (C=O) groups excluding carboxylic acids is 2. The number of fused-ring (bicyclic) bond motifs is 1. The highest BCUT2D eigenvalue weighted by molar-refractivity contribution is 7.80. The highest BCUT2D eigenvalue weighted by Gasteiger charge is 2.36. The van der Waals surface area contributed by atoms with Crippen molar-refractivity contribution in [1.82, 2.24) is 14.7 Å². The molecular formula is C22H29N6O4S-. The maximum absolute atomic E-state index is 12.9. The predicted octanol–water partition coefficient (Wildman–Crippen LogP) is 0.517. The predicted molar refractivity (Wildman–Crippen MR) is 126 cm³/mol. The van der Waals surface area contributed by atoms with Crippen molar-refractivity contribution in [3.63, 3.8) is 0 Å². The fourth-order valence-corrected chi connectivity index (χ4v) is 5.18. The molecule has 1 aromatic carbocycles. The molecule has 5 rings (SSSR count). The minimum Gasteiger partial charge on any atom is -0.769 e. The SMILES string of the molecule is C=CC(=O)N1CC(N2CCN(C(=O)CNc3cc(C4CC4)cc4c3NC(S(=O)[O-])N4)CC2)C1. The molecule has 4 aliphatic rings. The smallest absolute Gasteiger partial charge is 0.246 e. The first kappa shape index (κ1) is 22.2. The summed E-state index contributed by atoms with van der Waals surface area (Å²) in [5.41, 5.74) is 2.48. The van der Waals surface area contributed by atoms with Crippen LogP contribution in [0.3, 0.4) is 0 Å². The van der Waals surface area contributed by atoms with Gasteiger partial charge in [-0.1, -0.05) is 6.58 Å². The van der Waals surface area contributed by atoms with Gasteiger partial charge in [-0.3, -0.25) is 18.7 Å². The quantitative estimate of drug-likeness (QED) is 0.387. The zero-order valence-electron chi connectivity index (χ0n) is 18.4. The number of benzene rings is 1. The maximum Gasteiger partial charge on any atom is 0.246 e. The molecule has 2 saturated heterocycles. The van der Waals surface area contributed by atoms with Gasteiger partial charge in [0.25, 0.3) is 0 Å². The fraction of sp³-hybridized carbons (Fsp3) is 0.545. The van der Waals surface area contributed by atoms with Crippen molar-refractivity contribution in [3.8, 4) is 0 Å². The van der Waals surface area contributed by atoms with Gasteiger partial charge in [0.15, 0.2) is 5.50 Å². The van der Waals surface area contributed by atoms with Gasteiger partial charge in [-0.05, 0) is 53.6 Å². The molecule has 2 amide bonds. The van der Waals surface area contributed by atoms with Crippen LogP contribution in [0.4, 0.5) is 17.1 Å². The Balaban J connectivity index is 1.15. The Morgan fingerprint density at radius 3 is 2.52 bits per heavy atom. The molecule has 11 heteroatoms. The lowest BCUT2D eigenvalue weighted by atomic mass is 10.1. The molecule has 2 atom stereocenters. The van der Waals surface area contributed by atoms with Crippen LogP contribution in [-0.2, 0) is 20.7 Å². The van der Waals surface area contributed by atoms with Crippen molar-refractivity contribution in [2.75, 3.05) is 61.8 Å². The Morgan fingerprint density at radius 2 is 1.88 bits per heavy atom. The average molecular weight is 474 g/mol. The summed E-state index contributed by atoms with van der Waals surface area (Å²) in [6.07, 6.45) is 3.61. The Labute approximate surface area is 195 Å². The Kier molecular flexibility index (Phi) is 6.02. The third-order valence-electron chi connectivity index (χ3n) is 6.93. The summed E-state index contributed by atoms with van der Waals surface area (Å²) in [6.45, 7) is 8.02. The minimum absolute atomic E-state index is 0.0206. The van der Waals surface area contributed by atoms with E-state index < -0.39 is 16.6 Å². The summed E-state index contributed by atoms with van der Waals surface area (Å²) >= 11 is -2.31. The molecule has 3 N–H and O–H groups in total. The van der Waals surface area contributed by atoms with Crippen LogP contribution in [0.25, 0.3) is 0 Å². The summed E-state index contributed by atoms with van der Waals surface area (Å²) in [5.74, 6) is 0.496. The number of rotatable bonds is 7. The lowest BCUT2D eigenvalue weighted by Gasteiger charge is -2.47. The van der Waals surface area contributed by atoms with Crippen LogP contribution < -0.4 is 16.0 Å². The first-order valence-electron chi connectivity index (χ1n) is 11.4. The highest BCUT2D eigenvalue weighted by atomic mass is 32.2. The maximum atomic E-state index is 12.9. The number of amides is 2. The molecule has 178 valence electrons. The Bertz CT molecular complexity index is 985. The third-order valence-corrected chi connectivity index (χ3v) is 7.55. The Hall–Kier alpha value is -2.63. The molecule has 1 aliphatic carbocycles. The molecule has 3 aliphatic heterocycles. The van der Waals surface area contributed by atoms with E-state index in [9.17, 15) is 18.4 Å². The van der Waals surface area contributed by atoms with Gasteiger partial charge >= 0.3 is 0 Å². The summed E-state index contributed by atoms with van der Waals surface area (Å²) < 4.78 is 22.8. The number of nitrogens with zero attached hydrogens (tertiary/aromatic N) is 3. The number of hydrogen-bond donors (Lipinski definition) is 3. The van der Waals surface area contributed by atoms with E-state index in [1.807, 2.05) is 17.0 Å². The third kappa shape index (κ3) is 4.57. The zero-order valence-corrected chi connectivity index (χ0v) is 19.2. The summed E-state index contributed by atoms with van der Waals surface area (Å²) in [5, 5.41) is 9.22. The Morgan fingerprint density at radius 1 is 1.15 bits per heavy atom. The van der Waals surface area contributed by atoms with Gasteiger partial charge < -0.3 is 30.3 Å². The van der Waals surface area contributed by atoms with E-state index in [-0.39, 0.29) is 18.4 Å². The average Bonchev–Trinajstić information content (AvgIpc) is 3.54. The van der Waals surface area contributed by atoms with Crippen LogP contribution in [-0.4, -0.2) is 92.6 Å². The molecule has 0 spiro atoms. The molecule has 3 heterocycles. The minimum atomic E-state index is -2.31. The van der Waals surface area contributed by atoms with Crippen molar-refractivity contribution < 1.29 is 18.4 Å². The second-order valence-electron chi connectivity index (χ2n) is 9.07. The summed E-state index contributed by atoms with van der Waals surface area (Å²) in [7, 11) is 0. The van der Waals surface area contributed by atoms with E-state index in [1.54, 1.807) is 4.90 Å². The van der Waals surface area contributed by atoms with Crippen molar-refractivity contribution >= 4 is 40.0 Å². The summed E-state index contributed by atoms with van der Waals surface area (Å²) in [6, 6.07) is 4.39. The monoisotopic (exact) mass is 473 g/mol. The van der Waals surface area contributed by atoms with Gasteiger partial charge in [0.2, 0.25) is 11.8 Å². The molecule has 2 unspecified atom stereocenters. The summed E-state index contributed by atoms with van der Waals surface area (Å²) in [4.78, 5) is 30.5. The number of nitrogens with one attached hydrogen (secondary N) is 3. The van der Waals surface area contributed by atoms with Gasteiger partial charge in [-0.15, -0.1) is 0 Å². The fourth-order valence-electron chi connectivity index (χ4n) is 4.74. The van der Waals surface area contributed by atoms with Crippen molar-refractivity contribution in [1.29, 1.82) is 0 Å². The van der Waals surface area contributed by atoms with Crippen LogP contribution in [0.15, 0.2) is 24.8 Å². The number of anilines is 3. The molecule has 0 bridgehead atoms. The van der Waals surface area contributed by atoms with E-state index in [0.29, 0.717) is 30.7 Å². The van der Waals surface area contributed by atoms with Crippen molar-refractivity contribution in [2.45, 2.75) is 30.3 Å². The number of hydrogen-bond acceptors (Lipinski definition) is 8. The first-order chi connectivity index (χ1) is 15.9. The van der Waals surface area contributed by atoms with E-state index in [0.717, 1.165) is 56.0 Å². The van der Waals surface area contributed by atoms with Crippen molar-refractivity contribution in [3.05, 3.63) is 30.4 Å². The van der Waals surface area contributed by atoms with Crippen LogP contribution in [0.2, 0.25) is 0 Å². The van der Waals surface area contributed by atoms with Gasteiger partial charge in [0.05, 0.1) is 23.6 Å². The molecule has 0 aromatic heterocycles. The number of likely N-dealkylation sites (tertiary alicyclic amines) is 1. The first-order valence-corrected chi connectivity index (χ1v) is 12.5. The molecule has 3 fully saturated rings. The van der Waals surface area contributed by atoms with Crippen LogP contribution >= 0.6 is 0 Å². The molecule has 1 aromatic rings. The van der Waals surface area contributed by atoms with E-state index >= 15 is 0 Å². The number of piperazine rings is 1. The molecule has 33 heavy (non-hydrogen) atoms. The molecule has 10 nitrogen and oxygen atoms in total. The lowest BCUT2D eigenvalue weighted by Crippen LogP contribution is -2.64. The molecule has 0 radical (unpaired) electrons. The van der Waals surface area contributed by atoms with Crippen LogP contribution in [0, 0.1) is 0 Å². The van der Waals surface area contributed by atoms with Crippen LogP contribution in [0.1, 0.15) is 24.3 Å². The van der Waals surface area contributed by atoms with Gasteiger partial charge in [-0.25, -0.2) is 0 Å². The molecule has 1 saturated carbocycles. The van der Waals surface area contributed by atoms with E-state index in [1.165, 1.54) is 6.08 Å². The number of carbonyl (C=O) groups is 2. The standard InChI is InChI=1S/C22H30N6O4S/c1-2-19(29)28-12-16(13-28)26-5-7-27(8-6-26)20(30)11-23-17-9-15(14-3-4-14)10-18-21(17)25-22(24-18)33(31)32/h2,9-10,14,16,22-25H,1,3-8,11-13H2,(H,31,32)/p-1. The zero-order chi connectivity index (χ0) is 23.1. The topological polar surface area (TPSA) is 120 Å². The van der Waals surface area contributed by atoms with Gasteiger partial charge in [-0.2, -0.15) is 0 Å². The molecular weight excluding hydrogens is 444 g/mol.